The number of benzene rings is 8. The third kappa shape index (κ3) is 4.96. The van der Waals surface area contributed by atoms with E-state index in [0.29, 0.717) is 17.5 Å². The molecule has 0 aliphatic heterocycles. The molecular weight excluding hydrogens is 621 g/mol. The Morgan fingerprint density at radius 1 is 0.314 bits per heavy atom. The minimum atomic E-state index is 0.625. The van der Waals surface area contributed by atoms with E-state index in [-0.39, 0.29) is 0 Å². The lowest BCUT2D eigenvalue weighted by Gasteiger charge is -2.16. The molecule has 0 saturated carbocycles. The van der Waals surface area contributed by atoms with Gasteiger partial charge in [0.05, 0.1) is 16.7 Å². The summed E-state index contributed by atoms with van der Waals surface area (Å²) in [6.07, 6.45) is 0. The van der Waals surface area contributed by atoms with Crippen LogP contribution in [0.2, 0.25) is 0 Å². The van der Waals surface area contributed by atoms with E-state index >= 15 is 0 Å². The molecule has 0 fully saturated rings. The van der Waals surface area contributed by atoms with Crippen molar-refractivity contribution in [3.63, 3.8) is 0 Å². The summed E-state index contributed by atoms with van der Waals surface area (Å²) in [5, 5.41) is 7.15. The third-order valence-electron chi connectivity index (χ3n) is 9.84. The quantitative estimate of drug-likeness (QED) is 0.186. The fraction of sp³-hybridized carbons (Fsp3) is 0. The van der Waals surface area contributed by atoms with Crippen molar-refractivity contribution in [2.75, 3.05) is 0 Å². The van der Waals surface area contributed by atoms with Gasteiger partial charge in [-0.2, -0.15) is 0 Å². The summed E-state index contributed by atoms with van der Waals surface area (Å²) >= 11 is 0. The van der Waals surface area contributed by atoms with Crippen LogP contribution in [0.1, 0.15) is 0 Å². The smallest absolute Gasteiger partial charge is 0.166 e. The Hall–Kier alpha value is -6.91. The third-order valence-corrected chi connectivity index (χ3v) is 9.84. The summed E-state index contributed by atoms with van der Waals surface area (Å²) in [4.78, 5) is 15.5. The molecule has 2 heterocycles. The zero-order valence-corrected chi connectivity index (χ0v) is 27.6. The van der Waals surface area contributed by atoms with Crippen molar-refractivity contribution < 1.29 is 0 Å². The number of fused-ring (bicyclic) bond motifs is 5. The number of para-hydroxylation sites is 2. The van der Waals surface area contributed by atoms with Crippen molar-refractivity contribution in [2.24, 2.45) is 0 Å². The Kier molecular flexibility index (Phi) is 6.78. The van der Waals surface area contributed by atoms with E-state index in [1.165, 1.54) is 27.1 Å². The molecule has 51 heavy (non-hydrogen) atoms. The first-order valence-electron chi connectivity index (χ1n) is 17.2. The predicted octanol–water partition coefficient (Wildman–Crippen LogP) is 11.9. The van der Waals surface area contributed by atoms with Gasteiger partial charge in [-0.05, 0) is 56.9 Å². The first kappa shape index (κ1) is 29.0. The van der Waals surface area contributed by atoms with Crippen molar-refractivity contribution >= 4 is 43.4 Å². The topological polar surface area (TPSA) is 43.6 Å². The Morgan fingerprint density at radius 3 is 1.49 bits per heavy atom. The minimum Gasteiger partial charge on any atom is -0.308 e. The van der Waals surface area contributed by atoms with Gasteiger partial charge in [0.25, 0.3) is 0 Å². The molecule has 0 atom stereocenters. The molecule has 0 unspecified atom stereocenters. The molecule has 8 aromatic carbocycles. The molecule has 0 aliphatic rings. The van der Waals surface area contributed by atoms with Gasteiger partial charge in [0.15, 0.2) is 17.5 Å². The van der Waals surface area contributed by atoms with E-state index in [4.69, 9.17) is 15.0 Å². The van der Waals surface area contributed by atoms with Crippen LogP contribution in [-0.4, -0.2) is 19.5 Å². The van der Waals surface area contributed by atoms with Gasteiger partial charge in [-0.25, -0.2) is 15.0 Å². The number of nitrogens with zero attached hydrogens (tertiary/aromatic N) is 4. The normalized spacial score (nSPS) is 11.5. The lowest BCUT2D eigenvalue weighted by Crippen LogP contribution is -2.04. The van der Waals surface area contributed by atoms with E-state index in [0.717, 1.165) is 49.7 Å². The van der Waals surface area contributed by atoms with Crippen LogP contribution >= 0.6 is 0 Å². The molecule has 0 radical (unpaired) electrons. The highest BCUT2D eigenvalue weighted by Crippen LogP contribution is 2.38. The number of rotatable bonds is 5. The Balaban J connectivity index is 1.21. The van der Waals surface area contributed by atoms with Gasteiger partial charge in [0, 0.05) is 27.5 Å². The van der Waals surface area contributed by atoms with Gasteiger partial charge in [0.1, 0.15) is 0 Å². The molecule has 2 aromatic heterocycles. The number of aromatic nitrogens is 4. The molecule has 0 spiro atoms. The van der Waals surface area contributed by atoms with Gasteiger partial charge in [0.2, 0.25) is 0 Å². The summed E-state index contributed by atoms with van der Waals surface area (Å²) in [6.45, 7) is 0. The lowest BCUT2D eigenvalue weighted by molar-refractivity contribution is 1.07. The molecule has 0 amide bonds. The molecule has 238 valence electrons. The van der Waals surface area contributed by atoms with E-state index in [1.54, 1.807) is 0 Å². The lowest BCUT2D eigenvalue weighted by atomic mass is 9.97. The largest absolute Gasteiger partial charge is 0.308 e. The molecule has 4 nitrogen and oxygen atoms in total. The molecule has 0 aliphatic carbocycles. The SMILES string of the molecule is c1ccc(-c2nc(-c3ccc(-c4cccc5ccccc45)cc3)nc(-c3cc4ccccc4cc3-n3c4ccccc4c4ccccc43)n2)cc1. The summed E-state index contributed by atoms with van der Waals surface area (Å²) < 4.78 is 2.36. The van der Waals surface area contributed by atoms with Crippen LogP contribution in [0.25, 0.3) is 94.3 Å². The first-order chi connectivity index (χ1) is 25.3. The average molecular weight is 651 g/mol. The Bertz CT molecular complexity index is 2850. The van der Waals surface area contributed by atoms with Crippen molar-refractivity contribution in [1.82, 2.24) is 19.5 Å². The van der Waals surface area contributed by atoms with Crippen molar-refractivity contribution in [2.45, 2.75) is 0 Å². The number of hydrogen-bond donors (Lipinski definition) is 0. The van der Waals surface area contributed by atoms with Gasteiger partial charge in [-0.1, -0.05) is 158 Å². The van der Waals surface area contributed by atoms with Crippen molar-refractivity contribution in [3.8, 4) is 51.0 Å². The van der Waals surface area contributed by atoms with Crippen molar-refractivity contribution in [3.05, 3.63) is 182 Å². The minimum absolute atomic E-state index is 0.625. The maximum absolute atomic E-state index is 5.25. The fourth-order valence-electron chi connectivity index (χ4n) is 7.39. The fourth-order valence-corrected chi connectivity index (χ4v) is 7.39. The molecule has 0 bridgehead atoms. The Morgan fingerprint density at radius 2 is 0.804 bits per heavy atom. The highest BCUT2D eigenvalue weighted by atomic mass is 15.1. The molecular formula is C47H30N4. The second-order valence-corrected chi connectivity index (χ2v) is 12.9. The van der Waals surface area contributed by atoms with E-state index in [2.05, 4.69) is 168 Å². The molecule has 0 N–H and O–H groups in total. The molecule has 10 rings (SSSR count). The second kappa shape index (κ2) is 11.9. The zero-order valence-electron chi connectivity index (χ0n) is 27.6. The Labute approximate surface area is 295 Å². The van der Waals surface area contributed by atoms with Gasteiger partial charge >= 0.3 is 0 Å². The van der Waals surface area contributed by atoms with Crippen LogP contribution in [0.4, 0.5) is 0 Å². The van der Waals surface area contributed by atoms with E-state index in [1.807, 2.05) is 18.2 Å². The van der Waals surface area contributed by atoms with E-state index < -0.39 is 0 Å². The summed E-state index contributed by atoms with van der Waals surface area (Å²) in [5.41, 5.74) is 8.45. The van der Waals surface area contributed by atoms with E-state index in [9.17, 15) is 0 Å². The monoisotopic (exact) mass is 650 g/mol. The predicted molar refractivity (Wildman–Crippen MR) is 211 cm³/mol. The van der Waals surface area contributed by atoms with Gasteiger partial charge < -0.3 is 4.57 Å². The average Bonchev–Trinajstić information content (AvgIpc) is 3.54. The van der Waals surface area contributed by atoms with Crippen LogP contribution in [0.15, 0.2) is 182 Å². The maximum Gasteiger partial charge on any atom is 0.166 e. The summed E-state index contributed by atoms with van der Waals surface area (Å²) in [7, 11) is 0. The highest BCUT2D eigenvalue weighted by Gasteiger charge is 2.20. The van der Waals surface area contributed by atoms with Crippen LogP contribution in [0, 0.1) is 0 Å². The molecule has 10 aromatic rings. The highest BCUT2D eigenvalue weighted by molar-refractivity contribution is 6.10. The van der Waals surface area contributed by atoms with Gasteiger partial charge in [-0.3, -0.25) is 0 Å². The second-order valence-electron chi connectivity index (χ2n) is 12.9. The molecule has 0 saturated heterocycles. The van der Waals surface area contributed by atoms with Crippen LogP contribution in [0.5, 0.6) is 0 Å². The summed E-state index contributed by atoms with van der Waals surface area (Å²) in [5.74, 6) is 1.89. The first-order valence-corrected chi connectivity index (χ1v) is 17.2. The summed E-state index contributed by atoms with van der Waals surface area (Å²) in [6, 6.07) is 64.0. The standard InChI is InChI=1S/C47H30N4/c1-2-14-33(15-3-1)45-48-46(34-27-25-32(26-28-34)38-22-12-18-31-13-6-7-19-37(31)38)50-47(49-45)41-29-35-16-4-5-17-36(35)30-44(41)51-42-23-10-8-20-39(42)40-21-9-11-24-43(40)51/h1-30H. The van der Waals surface area contributed by atoms with Crippen molar-refractivity contribution in [1.29, 1.82) is 0 Å². The number of hydrogen-bond acceptors (Lipinski definition) is 3. The maximum atomic E-state index is 5.25. The van der Waals surface area contributed by atoms with Crippen LogP contribution in [-0.2, 0) is 0 Å². The van der Waals surface area contributed by atoms with Crippen LogP contribution in [0.3, 0.4) is 0 Å². The van der Waals surface area contributed by atoms with Crippen LogP contribution < -0.4 is 0 Å². The zero-order chi connectivity index (χ0) is 33.7. The van der Waals surface area contributed by atoms with Gasteiger partial charge in [-0.15, -0.1) is 0 Å². The molecule has 4 heteroatoms.